The Hall–Kier alpha value is -1.56. The van der Waals surface area contributed by atoms with Gasteiger partial charge in [0.15, 0.2) is 0 Å². The molecule has 0 saturated carbocycles. The van der Waals surface area contributed by atoms with Crippen molar-refractivity contribution in [3.63, 3.8) is 0 Å². The summed E-state index contributed by atoms with van der Waals surface area (Å²) in [7, 11) is 0. The quantitative estimate of drug-likeness (QED) is 0.537. The molecule has 0 bridgehead atoms. The number of hydrazine groups is 1. The summed E-state index contributed by atoms with van der Waals surface area (Å²) in [6.45, 7) is 9.50. The standard InChI is InChI=1S/C12H21ClN4O2/c1-6-15-8(2)9(10(13)14)7-16-17-11(18)19-12(3,4)5/h7,14,16H,6H2,1-5H3,(H,17,18). The van der Waals surface area contributed by atoms with Crippen molar-refractivity contribution < 1.29 is 9.53 Å². The Morgan fingerprint density at radius 3 is 2.47 bits per heavy atom. The summed E-state index contributed by atoms with van der Waals surface area (Å²) in [6, 6.07) is 0. The Morgan fingerprint density at radius 1 is 1.47 bits per heavy atom. The number of allylic oxidation sites excluding steroid dienone is 1. The van der Waals surface area contributed by atoms with E-state index in [4.69, 9.17) is 21.7 Å². The zero-order chi connectivity index (χ0) is 15.1. The highest BCUT2D eigenvalue weighted by molar-refractivity contribution is 6.71. The Bertz CT molecular complexity index is 397. The van der Waals surface area contributed by atoms with Gasteiger partial charge in [-0.2, -0.15) is 0 Å². The second-order valence-corrected chi connectivity index (χ2v) is 5.08. The highest BCUT2D eigenvalue weighted by Crippen LogP contribution is 2.06. The smallest absolute Gasteiger partial charge is 0.426 e. The van der Waals surface area contributed by atoms with Gasteiger partial charge < -0.3 is 10.2 Å². The molecule has 6 nitrogen and oxygen atoms in total. The number of carbonyl (C=O) groups excluding carboxylic acids is 1. The van der Waals surface area contributed by atoms with E-state index in [-0.39, 0.29) is 5.17 Å². The first kappa shape index (κ1) is 17.4. The van der Waals surface area contributed by atoms with Crippen molar-refractivity contribution in [3.8, 4) is 0 Å². The molecule has 0 aliphatic rings. The monoisotopic (exact) mass is 288 g/mol. The predicted molar refractivity (Wildman–Crippen MR) is 77.8 cm³/mol. The minimum atomic E-state index is -0.616. The summed E-state index contributed by atoms with van der Waals surface area (Å²) in [6.07, 6.45) is 0.780. The number of ether oxygens (including phenoxy) is 1. The van der Waals surface area contributed by atoms with Gasteiger partial charge in [0.2, 0.25) is 0 Å². The number of aliphatic imine (C=N–C) groups is 1. The lowest BCUT2D eigenvalue weighted by Crippen LogP contribution is -2.39. The highest BCUT2D eigenvalue weighted by Gasteiger charge is 2.15. The molecule has 0 radical (unpaired) electrons. The Morgan fingerprint density at radius 2 is 2.05 bits per heavy atom. The maximum atomic E-state index is 11.4. The van der Waals surface area contributed by atoms with Gasteiger partial charge in [0.25, 0.3) is 0 Å². The van der Waals surface area contributed by atoms with Gasteiger partial charge >= 0.3 is 6.09 Å². The number of carbonyl (C=O) groups is 1. The molecule has 0 aromatic rings. The average Bonchev–Trinajstić information content (AvgIpc) is 2.21. The maximum Gasteiger partial charge on any atom is 0.426 e. The SMILES string of the molecule is CCN=C(C)C(=CNNC(=O)OC(C)(C)C)C(=N)Cl. The molecule has 0 aromatic carbocycles. The van der Waals surface area contributed by atoms with Gasteiger partial charge in [0, 0.05) is 24.0 Å². The lowest BCUT2D eigenvalue weighted by molar-refractivity contribution is 0.0509. The first-order chi connectivity index (χ1) is 8.67. The molecule has 108 valence electrons. The first-order valence-electron chi connectivity index (χ1n) is 5.88. The number of nitrogens with one attached hydrogen (secondary N) is 3. The van der Waals surface area contributed by atoms with Crippen LogP contribution >= 0.6 is 11.6 Å². The van der Waals surface area contributed by atoms with Crippen molar-refractivity contribution in [2.75, 3.05) is 6.54 Å². The largest absolute Gasteiger partial charge is 0.443 e. The zero-order valence-electron chi connectivity index (χ0n) is 11.9. The third kappa shape index (κ3) is 8.20. The molecule has 0 saturated heterocycles. The molecule has 3 N–H and O–H groups in total. The molecule has 0 aromatic heterocycles. The molecule has 19 heavy (non-hydrogen) atoms. The Kier molecular flexibility index (Phi) is 7.14. The van der Waals surface area contributed by atoms with E-state index in [1.54, 1.807) is 27.7 Å². The molecule has 0 spiro atoms. The van der Waals surface area contributed by atoms with Crippen LogP contribution in [0.3, 0.4) is 0 Å². The molecular weight excluding hydrogens is 268 g/mol. The van der Waals surface area contributed by atoms with Crippen molar-refractivity contribution in [2.24, 2.45) is 4.99 Å². The summed E-state index contributed by atoms with van der Waals surface area (Å²) in [5.74, 6) is 0. The van der Waals surface area contributed by atoms with Crippen LogP contribution in [0, 0.1) is 5.41 Å². The average molecular weight is 289 g/mol. The van der Waals surface area contributed by atoms with E-state index in [1.807, 2.05) is 6.92 Å². The van der Waals surface area contributed by atoms with Crippen LogP contribution in [0.5, 0.6) is 0 Å². The van der Waals surface area contributed by atoms with E-state index in [9.17, 15) is 4.79 Å². The minimum absolute atomic E-state index is 0.159. The van der Waals surface area contributed by atoms with Gasteiger partial charge in [-0.15, -0.1) is 0 Å². The van der Waals surface area contributed by atoms with Crippen LogP contribution in [0.15, 0.2) is 16.8 Å². The molecule has 0 aliphatic carbocycles. The number of nitrogens with zero attached hydrogens (tertiary/aromatic N) is 1. The number of rotatable bonds is 5. The number of halogens is 1. The van der Waals surface area contributed by atoms with E-state index < -0.39 is 11.7 Å². The lowest BCUT2D eigenvalue weighted by Gasteiger charge is -2.19. The highest BCUT2D eigenvalue weighted by atomic mass is 35.5. The third-order valence-electron chi connectivity index (χ3n) is 1.81. The van der Waals surface area contributed by atoms with E-state index in [0.717, 1.165) is 0 Å². The Labute approximate surface area is 118 Å². The molecular formula is C12H21ClN4O2. The number of hydrogen-bond acceptors (Lipinski definition) is 5. The van der Waals surface area contributed by atoms with Gasteiger partial charge in [-0.25, -0.2) is 10.2 Å². The van der Waals surface area contributed by atoms with Crippen molar-refractivity contribution >= 4 is 28.6 Å². The van der Waals surface area contributed by atoms with Gasteiger partial charge in [-0.05, 0) is 34.6 Å². The van der Waals surface area contributed by atoms with Gasteiger partial charge in [0.1, 0.15) is 10.8 Å². The van der Waals surface area contributed by atoms with Crippen LogP contribution in [0.1, 0.15) is 34.6 Å². The lowest BCUT2D eigenvalue weighted by atomic mass is 10.2. The molecule has 0 heterocycles. The van der Waals surface area contributed by atoms with E-state index >= 15 is 0 Å². The fraction of sp³-hybridized carbons (Fsp3) is 0.583. The maximum absolute atomic E-state index is 11.4. The van der Waals surface area contributed by atoms with Crippen LogP contribution in [0.25, 0.3) is 0 Å². The summed E-state index contributed by atoms with van der Waals surface area (Å²) in [5.41, 5.74) is 5.30. The van der Waals surface area contributed by atoms with Crippen LogP contribution in [0.2, 0.25) is 0 Å². The number of hydrogen-bond donors (Lipinski definition) is 3. The molecule has 0 rings (SSSR count). The fourth-order valence-corrected chi connectivity index (χ4v) is 1.31. The molecule has 0 fully saturated rings. The topological polar surface area (TPSA) is 86.6 Å². The van der Waals surface area contributed by atoms with E-state index in [0.29, 0.717) is 17.8 Å². The van der Waals surface area contributed by atoms with Crippen molar-refractivity contribution in [2.45, 2.75) is 40.2 Å². The van der Waals surface area contributed by atoms with Crippen LogP contribution < -0.4 is 10.9 Å². The van der Waals surface area contributed by atoms with Crippen molar-refractivity contribution in [1.82, 2.24) is 10.9 Å². The van der Waals surface area contributed by atoms with E-state index in [2.05, 4.69) is 15.8 Å². The van der Waals surface area contributed by atoms with Crippen LogP contribution in [-0.2, 0) is 4.74 Å². The first-order valence-corrected chi connectivity index (χ1v) is 6.25. The third-order valence-corrected chi connectivity index (χ3v) is 2.01. The Balaban J connectivity index is 4.54. The second-order valence-electron chi connectivity index (χ2n) is 4.70. The van der Waals surface area contributed by atoms with E-state index in [1.165, 1.54) is 6.20 Å². The van der Waals surface area contributed by atoms with Crippen LogP contribution in [0.4, 0.5) is 4.79 Å². The minimum Gasteiger partial charge on any atom is -0.443 e. The van der Waals surface area contributed by atoms with Gasteiger partial charge in [-0.3, -0.25) is 10.4 Å². The van der Waals surface area contributed by atoms with Crippen molar-refractivity contribution in [1.29, 1.82) is 5.41 Å². The summed E-state index contributed by atoms with van der Waals surface area (Å²) in [5, 5.41) is 7.26. The normalized spacial score (nSPS) is 12.9. The predicted octanol–water partition coefficient (Wildman–Crippen LogP) is 2.60. The van der Waals surface area contributed by atoms with Crippen molar-refractivity contribution in [3.05, 3.63) is 11.8 Å². The summed E-state index contributed by atoms with van der Waals surface area (Å²) in [4.78, 5) is 15.5. The molecule has 7 heteroatoms. The summed E-state index contributed by atoms with van der Waals surface area (Å²) >= 11 is 5.65. The molecule has 0 aliphatic heterocycles. The van der Waals surface area contributed by atoms with Gasteiger partial charge in [0.05, 0.1) is 0 Å². The molecule has 0 atom stereocenters. The summed E-state index contributed by atoms with van der Waals surface area (Å²) < 4.78 is 5.03. The number of amides is 1. The zero-order valence-corrected chi connectivity index (χ0v) is 12.7. The fourth-order valence-electron chi connectivity index (χ4n) is 1.12. The van der Waals surface area contributed by atoms with Gasteiger partial charge in [-0.1, -0.05) is 11.6 Å². The second kappa shape index (κ2) is 7.78. The molecule has 0 unspecified atom stereocenters. The molecule has 1 amide bonds. The van der Waals surface area contributed by atoms with Crippen LogP contribution in [-0.4, -0.2) is 29.1 Å².